The molecular weight excluding hydrogens is 344 g/mol. The Morgan fingerprint density at radius 3 is 2.58 bits per heavy atom. The van der Waals surface area contributed by atoms with Crippen LogP contribution in [-0.4, -0.2) is 49.0 Å². The first kappa shape index (κ1) is 17.2. The van der Waals surface area contributed by atoms with Gasteiger partial charge in [0.15, 0.2) is 0 Å². The SMILES string of the molecule is Cc1nc(C)c(C(=O)Nc2cc(Cl)ccc2N2CCN(C)CC2)s1. The van der Waals surface area contributed by atoms with Crippen molar-refractivity contribution in [3.8, 4) is 0 Å². The van der Waals surface area contributed by atoms with Crippen LogP contribution in [0.1, 0.15) is 20.4 Å². The first-order chi connectivity index (χ1) is 11.4. The van der Waals surface area contributed by atoms with Gasteiger partial charge in [-0.15, -0.1) is 11.3 Å². The summed E-state index contributed by atoms with van der Waals surface area (Å²) < 4.78 is 0. The van der Waals surface area contributed by atoms with Gasteiger partial charge in [0.2, 0.25) is 0 Å². The van der Waals surface area contributed by atoms with Crippen LogP contribution in [-0.2, 0) is 0 Å². The van der Waals surface area contributed by atoms with Crippen LogP contribution >= 0.6 is 22.9 Å². The topological polar surface area (TPSA) is 48.5 Å². The summed E-state index contributed by atoms with van der Waals surface area (Å²) in [5.74, 6) is -0.129. The summed E-state index contributed by atoms with van der Waals surface area (Å²) >= 11 is 7.57. The van der Waals surface area contributed by atoms with Crippen molar-refractivity contribution in [3.05, 3.63) is 38.8 Å². The van der Waals surface area contributed by atoms with Crippen LogP contribution in [0.3, 0.4) is 0 Å². The van der Waals surface area contributed by atoms with E-state index in [4.69, 9.17) is 11.6 Å². The number of hydrogen-bond donors (Lipinski definition) is 1. The maximum atomic E-state index is 12.6. The molecule has 1 amide bonds. The molecule has 1 aromatic heterocycles. The van der Waals surface area contributed by atoms with Gasteiger partial charge in [0.25, 0.3) is 5.91 Å². The molecular formula is C17H21ClN4OS. The molecule has 1 aliphatic rings. The second-order valence-corrected chi connectivity index (χ2v) is 7.69. The zero-order chi connectivity index (χ0) is 17.3. The van der Waals surface area contributed by atoms with E-state index in [0.717, 1.165) is 48.3 Å². The Balaban J connectivity index is 1.85. The molecule has 0 aliphatic carbocycles. The molecule has 0 spiro atoms. The lowest BCUT2D eigenvalue weighted by atomic mass is 10.2. The van der Waals surface area contributed by atoms with E-state index < -0.39 is 0 Å². The number of carbonyl (C=O) groups is 1. The summed E-state index contributed by atoms with van der Waals surface area (Å²) in [5.41, 5.74) is 2.53. The average molecular weight is 365 g/mol. The van der Waals surface area contributed by atoms with Crippen molar-refractivity contribution >= 4 is 40.2 Å². The second-order valence-electron chi connectivity index (χ2n) is 6.05. The van der Waals surface area contributed by atoms with Crippen LogP contribution in [0.4, 0.5) is 11.4 Å². The number of nitrogens with zero attached hydrogens (tertiary/aromatic N) is 3. The lowest BCUT2D eigenvalue weighted by Gasteiger charge is -2.35. The number of anilines is 2. The zero-order valence-electron chi connectivity index (χ0n) is 14.1. The highest BCUT2D eigenvalue weighted by molar-refractivity contribution is 7.13. The van der Waals surface area contributed by atoms with Crippen molar-refractivity contribution < 1.29 is 4.79 Å². The normalized spacial score (nSPS) is 15.6. The fourth-order valence-electron chi connectivity index (χ4n) is 2.85. The number of aryl methyl sites for hydroxylation is 2. The van der Waals surface area contributed by atoms with Gasteiger partial charge in [0.05, 0.1) is 22.1 Å². The van der Waals surface area contributed by atoms with E-state index in [1.807, 2.05) is 32.0 Å². The molecule has 24 heavy (non-hydrogen) atoms. The number of rotatable bonds is 3. The number of carbonyl (C=O) groups excluding carboxylic acids is 1. The molecule has 1 aliphatic heterocycles. The highest BCUT2D eigenvalue weighted by Crippen LogP contribution is 2.31. The number of likely N-dealkylation sites (N-methyl/N-ethyl adjacent to an activating group) is 1. The molecule has 1 fully saturated rings. The smallest absolute Gasteiger partial charge is 0.267 e. The molecule has 1 N–H and O–H groups in total. The van der Waals surface area contributed by atoms with E-state index in [-0.39, 0.29) is 5.91 Å². The zero-order valence-corrected chi connectivity index (χ0v) is 15.7. The summed E-state index contributed by atoms with van der Waals surface area (Å²) in [7, 11) is 2.12. The molecule has 0 saturated carbocycles. The van der Waals surface area contributed by atoms with Gasteiger partial charge in [-0.25, -0.2) is 4.98 Å². The summed E-state index contributed by atoms with van der Waals surface area (Å²) in [6.07, 6.45) is 0. The Bertz CT molecular complexity index is 753. The van der Waals surface area contributed by atoms with Crippen molar-refractivity contribution in [1.29, 1.82) is 0 Å². The third kappa shape index (κ3) is 3.71. The van der Waals surface area contributed by atoms with Crippen molar-refractivity contribution in [2.75, 3.05) is 43.4 Å². The number of benzene rings is 1. The molecule has 1 saturated heterocycles. The van der Waals surface area contributed by atoms with Gasteiger partial charge in [0, 0.05) is 31.2 Å². The van der Waals surface area contributed by atoms with Crippen LogP contribution in [0.25, 0.3) is 0 Å². The predicted molar refractivity (Wildman–Crippen MR) is 101 cm³/mol. The molecule has 128 valence electrons. The molecule has 0 bridgehead atoms. The summed E-state index contributed by atoms with van der Waals surface area (Å²) in [6, 6.07) is 5.66. The quantitative estimate of drug-likeness (QED) is 0.906. The lowest BCUT2D eigenvalue weighted by Crippen LogP contribution is -2.44. The fraction of sp³-hybridized carbons (Fsp3) is 0.412. The minimum Gasteiger partial charge on any atom is -0.367 e. The van der Waals surface area contributed by atoms with E-state index in [2.05, 4.69) is 27.1 Å². The number of hydrogen-bond acceptors (Lipinski definition) is 5. The first-order valence-corrected chi connectivity index (χ1v) is 9.12. The molecule has 0 atom stereocenters. The maximum Gasteiger partial charge on any atom is 0.267 e. The van der Waals surface area contributed by atoms with Gasteiger partial charge in [-0.05, 0) is 39.1 Å². The third-order valence-electron chi connectivity index (χ3n) is 4.16. The number of thiazole rings is 1. The van der Waals surface area contributed by atoms with Gasteiger partial charge >= 0.3 is 0 Å². The minimum absolute atomic E-state index is 0.129. The molecule has 7 heteroatoms. The number of piperazine rings is 1. The molecule has 2 heterocycles. The largest absolute Gasteiger partial charge is 0.367 e. The van der Waals surface area contributed by atoms with Gasteiger partial charge in [-0.3, -0.25) is 4.79 Å². The summed E-state index contributed by atoms with van der Waals surface area (Å²) in [4.78, 5) is 22.2. The third-order valence-corrected chi connectivity index (χ3v) is 5.47. The molecule has 0 unspecified atom stereocenters. The molecule has 1 aromatic carbocycles. The first-order valence-electron chi connectivity index (χ1n) is 7.92. The van der Waals surface area contributed by atoms with Crippen molar-refractivity contribution in [1.82, 2.24) is 9.88 Å². The van der Waals surface area contributed by atoms with Crippen LogP contribution in [0.15, 0.2) is 18.2 Å². The Morgan fingerprint density at radius 2 is 1.96 bits per heavy atom. The highest BCUT2D eigenvalue weighted by Gasteiger charge is 2.20. The fourth-order valence-corrected chi connectivity index (χ4v) is 3.84. The standard InChI is InChI=1S/C17H21ClN4OS/c1-11-16(24-12(2)19-11)17(23)20-14-10-13(18)4-5-15(14)22-8-6-21(3)7-9-22/h4-5,10H,6-9H2,1-3H3,(H,20,23). The number of amides is 1. The number of nitrogens with one attached hydrogen (secondary N) is 1. The highest BCUT2D eigenvalue weighted by atomic mass is 35.5. The van der Waals surface area contributed by atoms with Crippen LogP contribution in [0.2, 0.25) is 5.02 Å². The van der Waals surface area contributed by atoms with Gasteiger partial charge < -0.3 is 15.1 Å². The monoisotopic (exact) mass is 364 g/mol. The number of halogens is 1. The van der Waals surface area contributed by atoms with Gasteiger partial charge in [-0.1, -0.05) is 11.6 Å². The van der Waals surface area contributed by atoms with Gasteiger partial charge in [-0.2, -0.15) is 0 Å². The predicted octanol–water partition coefficient (Wildman–Crippen LogP) is 3.42. The summed E-state index contributed by atoms with van der Waals surface area (Å²) in [5, 5.41) is 4.53. The van der Waals surface area contributed by atoms with E-state index >= 15 is 0 Å². The second kappa shape index (κ2) is 7.09. The van der Waals surface area contributed by atoms with Crippen LogP contribution in [0.5, 0.6) is 0 Å². The molecule has 2 aromatic rings. The Hall–Kier alpha value is -1.63. The van der Waals surface area contributed by atoms with Crippen LogP contribution in [0, 0.1) is 13.8 Å². The van der Waals surface area contributed by atoms with E-state index in [1.54, 1.807) is 0 Å². The van der Waals surface area contributed by atoms with Crippen molar-refractivity contribution in [3.63, 3.8) is 0 Å². The van der Waals surface area contributed by atoms with Crippen molar-refractivity contribution in [2.24, 2.45) is 0 Å². The van der Waals surface area contributed by atoms with Gasteiger partial charge in [0.1, 0.15) is 4.88 Å². The Kier molecular flexibility index (Phi) is 5.08. The molecule has 0 radical (unpaired) electrons. The molecule has 5 nitrogen and oxygen atoms in total. The van der Waals surface area contributed by atoms with Crippen molar-refractivity contribution in [2.45, 2.75) is 13.8 Å². The Labute approximate surface area is 151 Å². The number of aromatic nitrogens is 1. The maximum absolute atomic E-state index is 12.6. The Morgan fingerprint density at radius 1 is 1.25 bits per heavy atom. The average Bonchev–Trinajstić information content (AvgIpc) is 2.87. The lowest BCUT2D eigenvalue weighted by molar-refractivity contribution is 0.103. The summed E-state index contributed by atoms with van der Waals surface area (Å²) in [6.45, 7) is 7.63. The molecule has 3 rings (SSSR count). The van der Waals surface area contributed by atoms with E-state index in [0.29, 0.717) is 9.90 Å². The van der Waals surface area contributed by atoms with E-state index in [9.17, 15) is 4.79 Å². The minimum atomic E-state index is -0.129. The van der Waals surface area contributed by atoms with E-state index in [1.165, 1.54) is 11.3 Å². The van der Waals surface area contributed by atoms with Crippen LogP contribution < -0.4 is 10.2 Å².